The molecule has 2 aliphatic rings. The normalized spacial score (nSPS) is 23.2. The van der Waals surface area contributed by atoms with Crippen molar-refractivity contribution in [3.63, 3.8) is 0 Å². The fraction of sp³-hybridized carbons (Fsp3) is 0.320. The van der Waals surface area contributed by atoms with Crippen molar-refractivity contribution in [3.05, 3.63) is 76.0 Å². The van der Waals surface area contributed by atoms with Crippen molar-refractivity contribution in [2.24, 2.45) is 10.9 Å². The number of esters is 1. The Bertz CT molecular complexity index is 1090. The van der Waals surface area contributed by atoms with Crippen LogP contribution in [-0.4, -0.2) is 31.7 Å². The van der Waals surface area contributed by atoms with Gasteiger partial charge in [-0.25, -0.2) is 0 Å². The lowest BCUT2D eigenvalue weighted by atomic mass is 9.69. The summed E-state index contributed by atoms with van der Waals surface area (Å²) in [5.74, 6) is -0.796. The highest BCUT2D eigenvalue weighted by Crippen LogP contribution is 2.48. The number of methoxy groups -OCH3 is 2. The van der Waals surface area contributed by atoms with Gasteiger partial charge in [0.2, 0.25) is 0 Å². The van der Waals surface area contributed by atoms with E-state index < -0.39 is 17.8 Å². The minimum absolute atomic E-state index is 0.00265. The van der Waals surface area contributed by atoms with Crippen molar-refractivity contribution in [1.29, 1.82) is 0 Å². The maximum atomic E-state index is 13.4. The van der Waals surface area contributed by atoms with Gasteiger partial charge in [0.25, 0.3) is 0 Å². The molecule has 0 aromatic heterocycles. The fourth-order valence-corrected chi connectivity index (χ4v) is 4.92. The number of carbonyl (C=O) groups is 2. The monoisotopic (exact) mass is 437 g/mol. The van der Waals surface area contributed by atoms with Crippen LogP contribution >= 0.6 is 11.6 Å². The molecule has 31 heavy (non-hydrogen) atoms. The summed E-state index contributed by atoms with van der Waals surface area (Å²) in [5.41, 5.74) is 3.77. The molecule has 0 amide bonds. The van der Waals surface area contributed by atoms with Gasteiger partial charge in [0.15, 0.2) is 5.78 Å². The van der Waals surface area contributed by atoms with E-state index in [1.54, 1.807) is 13.2 Å². The number of hydrogen-bond donors (Lipinski definition) is 0. The van der Waals surface area contributed by atoms with Crippen LogP contribution in [0.1, 0.15) is 42.7 Å². The second-order valence-electron chi connectivity index (χ2n) is 7.92. The summed E-state index contributed by atoms with van der Waals surface area (Å²) < 4.78 is 10.3. The van der Waals surface area contributed by atoms with E-state index in [9.17, 15) is 9.59 Å². The van der Waals surface area contributed by atoms with Crippen LogP contribution in [0.25, 0.3) is 0 Å². The molecule has 0 bridgehead atoms. The number of carbonyl (C=O) groups excluding carboxylic acids is 2. The lowest BCUT2D eigenvalue weighted by Crippen LogP contribution is -2.37. The molecule has 0 radical (unpaired) electrons. The zero-order chi connectivity index (χ0) is 22.1. The molecule has 5 nitrogen and oxygen atoms in total. The number of Topliss-reactive ketones (excluding diaryl/α,β-unsaturated/α-hetero) is 1. The predicted octanol–water partition coefficient (Wildman–Crippen LogP) is 5.10. The molecule has 4 rings (SSSR count). The number of allylic oxidation sites excluding steroid dienone is 2. The van der Waals surface area contributed by atoms with Gasteiger partial charge >= 0.3 is 5.97 Å². The molecule has 2 aromatic carbocycles. The number of ketones is 1. The first-order chi connectivity index (χ1) is 14.9. The molecule has 2 aromatic rings. The second kappa shape index (κ2) is 8.67. The van der Waals surface area contributed by atoms with E-state index in [2.05, 4.69) is 0 Å². The van der Waals surface area contributed by atoms with Gasteiger partial charge in [-0.1, -0.05) is 41.9 Å². The Morgan fingerprint density at radius 3 is 2.42 bits per heavy atom. The first-order valence-corrected chi connectivity index (χ1v) is 10.6. The predicted molar refractivity (Wildman–Crippen MR) is 120 cm³/mol. The third-order valence-electron chi connectivity index (χ3n) is 6.17. The molecule has 160 valence electrons. The largest absolute Gasteiger partial charge is 0.497 e. The Kier molecular flexibility index (Phi) is 5.96. The maximum absolute atomic E-state index is 13.4. The molecule has 0 fully saturated rings. The summed E-state index contributed by atoms with van der Waals surface area (Å²) in [4.78, 5) is 30.9. The number of rotatable bonds is 4. The molecule has 1 unspecified atom stereocenters. The topological polar surface area (TPSA) is 65.0 Å². The molecule has 0 saturated heterocycles. The van der Waals surface area contributed by atoms with E-state index in [1.807, 2.05) is 49.4 Å². The molecule has 0 N–H and O–H groups in total. The van der Waals surface area contributed by atoms with Crippen molar-refractivity contribution in [2.75, 3.05) is 14.2 Å². The Balaban J connectivity index is 1.79. The number of benzene rings is 2. The Morgan fingerprint density at radius 1 is 1.06 bits per heavy atom. The number of hydrogen-bond acceptors (Lipinski definition) is 5. The van der Waals surface area contributed by atoms with Crippen molar-refractivity contribution in [3.8, 4) is 5.75 Å². The van der Waals surface area contributed by atoms with Crippen LogP contribution in [-0.2, 0) is 14.3 Å². The number of aliphatic imine (C=N–C) groups is 1. The van der Waals surface area contributed by atoms with Crippen LogP contribution in [0.2, 0.25) is 5.02 Å². The minimum Gasteiger partial charge on any atom is -0.497 e. The summed E-state index contributed by atoms with van der Waals surface area (Å²) in [6.07, 6.45) is 0.980. The molecule has 0 saturated carbocycles. The highest BCUT2D eigenvalue weighted by Gasteiger charge is 2.45. The van der Waals surface area contributed by atoms with Gasteiger partial charge in [-0.3, -0.25) is 14.6 Å². The Hall–Kier alpha value is -2.92. The Labute approximate surface area is 186 Å². The van der Waals surface area contributed by atoms with E-state index in [0.717, 1.165) is 22.6 Å². The average Bonchev–Trinajstić information content (AvgIpc) is 2.78. The first kappa shape index (κ1) is 21.3. The molecule has 1 heterocycles. The molecule has 0 spiro atoms. The molecular weight excluding hydrogens is 414 g/mol. The highest BCUT2D eigenvalue weighted by atomic mass is 35.5. The quantitative estimate of drug-likeness (QED) is 0.624. The van der Waals surface area contributed by atoms with Crippen LogP contribution in [0, 0.1) is 5.92 Å². The van der Waals surface area contributed by atoms with Crippen molar-refractivity contribution >= 4 is 29.1 Å². The molecule has 3 atom stereocenters. The number of nitrogens with zero attached hydrogens (tertiary/aromatic N) is 1. The number of halogens is 1. The van der Waals surface area contributed by atoms with Crippen LogP contribution < -0.4 is 4.74 Å². The van der Waals surface area contributed by atoms with Gasteiger partial charge in [0, 0.05) is 34.3 Å². The first-order valence-electron chi connectivity index (χ1n) is 10.2. The third kappa shape index (κ3) is 3.90. The van der Waals surface area contributed by atoms with E-state index in [0.29, 0.717) is 29.1 Å². The summed E-state index contributed by atoms with van der Waals surface area (Å²) >= 11 is 6.51. The summed E-state index contributed by atoms with van der Waals surface area (Å²) in [6, 6.07) is 15.1. The van der Waals surface area contributed by atoms with Crippen molar-refractivity contribution in [2.45, 2.75) is 31.6 Å². The lowest BCUT2D eigenvalue weighted by Gasteiger charge is -2.36. The molecule has 6 heteroatoms. The summed E-state index contributed by atoms with van der Waals surface area (Å²) in [6.45, 7) is 1.82. The van der Waals surface area contributed by atoms with Gasteiger partial charge in [-0.05, 0) is 48.6 Å². The summed E-state index contributed by atoms with van der Waals surface area (Å²) in [7, 11) is 2.98. The van der Waals surface area contributed by atoms with Gasteiger partial charge in [0.05, 0.1) is 14.2 Å². The molecule has 1 aliphatic carbocycles. The minimum atomic E-state index is -0.676. The van der Waals surface area contributed by atoms with Gasteiger partial charge in [-0.15, -0.1) is 0 Å². The number of ether oxygens (including phenoxy) is 2. The zero-order valence-corrected chi connectivity index (χ0v) is 18.5. The Morgan fingerprint density at radius 2 is 1.77 bits per heavy atom. The standard InChI is InChI=1S/C25H24ClNO4/c1-14-22(25(29)31-3)23(18-6-4-5-7-19(18)26)24-20(27-14)12-16(13-21(24)28)15-8-10-17(30-2)11-9-15/h4-11,16,22-23H,12-13H2,1-3H3/t16-,22?,23+/m1/s1. The van der Waals surface area contributed by atoms with Gasteiger partial charge < -0.3 is 9.47 Å². The van der Waals surface area contributed by atoms with E-state index in [-0.39, 0.29) is 11.7 Å². The lowest BCUT2D eigenvalue weighted by molar-refractivity contribution is -0.143. The maximum Gasteiger partial charge on any atom is 0.315 e. The van der Waals surface area contributed by atoms with E-state index >= 15 is 0 Å². The fourth-order valence-electron chi connectivity index (χ4n) is 4.67. The smallest absolute Gasteiger partial charge is 0.315 e. The zero-order valence-electron chi connectivity index (χ0n) is 17.7. The highest BCUT2D eigenvalue weighted by molar-refractivity contribution is 6.31. The summed E-state index contributed by atoms with van der Waals surface area (Å²) in [5, 5.41) is 0.521. The van der Waals surface area contributed by atoms with E-state index in [4.69, 9.17) is 26.1 Å². The third-order valence-corrected chi connectivity index (χ3v) is 6.52. The SMILES string of the molecule is COC(=O)C1C(C)=NC2=C(C(=O)C[C@H](c3ccc(OC)cc3)C2)[C@H]1c1ccccc1Cl. The van der Waals surface area contributed by atoms with Crippen LogP contribution in [0.5, 0.6) is 5.75 Å². The van der Waals surface area contributed by atoms with Crippen molar-refractivity contribution in [1.82, 2.24) is 0 Å². The average molecular weight is 438 g/mol. The van der Waals surface area contributed by atoms with Crippen LogP contribution in [0.15, 0.2) is 64.8 Å². The van der Waals surface area contributed by atoms with E-state index in [1.165, 1.54) is 7.11 Å². The second-order valence-corrected chi connectivity index (χ2v) is 8.32. The van der Waals surface area contributed by atoms with Crippen LogP contribution in [0.3, 0.4) is 0 Å². The van der Waals surface area contributed by atoms with Crippen molar-refractivity contribution < 1.29 is 19.1 Å². The van der Waals surface area contributed by atoms with Gasteiger partial charge in [0.1, 0.15) is 11.7 Å². The molecular formula is C25H24ClNO4. The van der Waals surface area contributed by atoms with Gasteiger partial charge in [-0.2, -0.15) is 0 Å². The molecule has 1 aliphatic heterocycles. The van der Waals surface area contributed by atoms with Crippen LogP contribution in [0.4, 0.5) is 0 Å².